The Balaban J connectivity index is 1.94. The number of ether oxygens (including phenoxy) is 4. The van der Waals surface area contributed by atoms with E-state index in [4.69, 9.17) is 18.9 Å². The van der Waals surface area contributed by atoms with E-state index in [-0.39, 0.29) is 18.9 Å². The Morgan fingerprint density at radius 1 is 0.648 bits per heavy atom. The topological polar surface area (TPSA) is 228 Å². The molecule has 2 saturated heterocycles. The lowest BCUT2D eigenvalue weighted by Crippen LogP contribution is -2.65. The van der Waals surface area contributed by atoms with E-state index in [1.54, 1.807) is 6.08 Å². The van der Waals surface area contributed by atoms with E-state index >= 15 is 0 Å². The third kappa shape index (κ3) is 17.9. The van der Waals surface area contributed by atoms with Crippen LogP contribution < -0.4 is 5.32 Å². The Bertz CT molecular complexity index is 972. The van der Waals surface area contributed by atoms with Crippen molar-refractivity contribution >= 4 is 5.91 Å². The first-order chi connectivity index (χ1) is 26.1. The lowest BCUT2D eigenvalue weighted by atomic mass is 9.97. The Kier molecular flexibility index (Phi) is 26.3. The number of aliphatic hydroxyl groups is 8. The first-order valence-corrected chi connectivity index (χ1v) is 20.9. The lowest BCUT2D eigenvalue weighted by molar-refractivity contribution is -0.359. The van der Waals surface area contributed by atoms with Gasteiger partial charge in [-0.3, -0.25) is 4.79 Å². The maximum Gasteiger partial charge on any atom is 0.220 e. The van der Waals surface area contributed by atoms with E-state index < -0.39 is 86.8 Å². The van der Waals surface area contributed by atoms with Crippen LogP contribution in [-0.4, -0.2) is 140 Å². The van der Waals surface area contributed by atoms with Crippen molar-refractivity contribution in [3.05, 3.63) is 12.2 Å². The Morgan fingerprint density at radius 3 is 1.70 bits per heavy atom. The highest BCUT2D eigenvalue weighted by Crippen LogP contribution is 2.30. The number of nitrogens with one attached hydrogen (secondary N) is 1. The fraction of sp³-hybridized carbons (Fsp3) is 0.925. The number of hydrogen-bond acceptors (Lipinski definition) is 13. The summed E-state index contributed by atoms with van der Waals surface area (Å²) in [7, 11) is 0. The molecule has 0 aromatic carbocycles. The normalized spacial score (nSPS) is 30.1. The van der Waals surface area contributed by atoms with Crippen LogP contribution >= 0.6 is 0 Å². The average Bonchev–Trinajstić information content (AvgIpc) is 3.17. The van der Waals surface area contributed by atoms with Crippen LogP contribution in [-0.2, 0) is 23.7 Å². The predicted octanol–water partition coefficient (Wildman–Crippen LogP) is 2.87. The summed E-state index contributed by atoms with van der Waals surface area (Å²) in [5.74, 6) is -0.245. The molecular weight excluding hydrogens is 702 g/mol. The standard InChI is InChI=1S/C40H75NO13/c1-3-5-7-9-11-13-14-16-18-20-22-24-32(45)41-28(29(44)23-21-19-17-15-12-10-8-6-4-2)27-51-39-37(50)35(48)38(31(26-43)53-39)54-40-36(49)34(47)33(46)30(25-42)52-40/h21,23,28-31,33-40,42-44,46-50H,3-20,22,24-27H2,1-2H3,(H,41,45)/b23-21+. The molecule has 1 amide bonds. The van der Waals surface area contributed by atoms with Crippen molar-refractivity contribution in [2.24, 2.45) is 0 Å². The van der Waals surface area contributed by atoms with Crippen LogP contribution in [0.3, 0.4) is 0 Å². The SMILES string of the molecule is CCCCCCCCC/C=C/C(O)C(COC1OC(CO)C(OC2OC(CO)C(O)C(O)C2O)C(O)C1O)NC(=O)CCCCCCCCCCCCC. The molecule has 9 N–H and O–H groups in total. The summed E-state index contributed by atoms with van der Waals surface area (Å²) in [6, 6.07) is -0.904. The summed E-state index contributed by atoms with van der Waals surface area (Å²) in [4.78, 5) is 13.0. The van der Waals surface area contributed by atoms with Crippen LogP contribution in [0.1, 0.15) is 142 Å². The van der Waals surface area contributed by atoms with Crippen LogP contribution in [0, 0.1) is 0 Å². The Hall–Kier alpha value is -1.27. The molecule has 0 aromatic rings. The molecule has 0 radical (unpaired) electrons. The molecule has 2 rings (SSSR count). The molecule has 12 unspecified atom stereocenters. The zero-order valence-electron chi connectivity index (χ0n) is 33.0. The van der Waals surface area contributed by atoms with Crippen molar-refractivity contribution in [1.29, 1.82) is 0 Å². The van der Waals surface area contributed by atoms with E-state index in [1.807, 2.05) is 6.08 Å². The Morgan fingerprint density at radius 2 is 1.15 bits per heavy atom. The molecule has 0 saturated carbocycles. The summed E-state index contributed by atoms with van der Waals surface area (Å²) >= 11 is 0. The molecule has 2 aliphatic heterocycles. The van der Waals surface area contributed by atoms with Gasteiger partial charge in [0.2, 0.25) is 5.91 Å². The van der Waals surface area contributed by atoms with E-state index in [0.29, 0.717) is 6.42 Å². The zero-order valence-corrected chi connectivity index (χ0v) is 33.0. The fourth-order valence-corrected chi connectivity index (χ4v) is 6.94. The molecule has 318 valence electrons. The minimum atomic E-state index is -1.78. The fourth-order valence-electron chi connectivity index (χ4n) is 6.94. The number of allylic oxidation sites excluding steroid dienone is 1. The third-order valence-corrected chi connectivity index (χ3v) is 10.5. The largest absolute Gasteiger partial charge is 0.394 e. The van der Waals surface area contributed by atoms with Crippen LogP contribution in [0.4, 0.5) is 0 Å². The Labute approximate surface area is 323 Å². The van der Waals surface area contributed by atoms with E-state index in [1.165, 1.54) is 77.0 Å². The summed E-state index contributed by atoms with van der Waals surface area (Å²) in [5.41, 5.74) is 0. The van der Waals surface area contributed by atoms with E-state index in [0.717, 1.165) is 38.5 Å². The van der Waals surface area contributed by atoms with Gasteiger partial charge in [-0.15, -0.1) is 0 Å². The first kappa shape index (κ1) is 48.9. The van der Waals surface area contributed by atoms with Gasteiger partial charge in [-0.2, -0.15) is 0 Å². The van der Waals surface area contributed by atoms with E-state index in [2.05, 4.69) is 19.2 Å². The van der Waals surface area contributed by atoms with Crippen molar-refractivity contribution in [2.75, 3.05) is 19.8 Å². The number of carbonyl (C=O) groups excluding carboxylic acids is 1. The van der Waals surface area contributed by atoms with E-state index in [9.17, 15) is 45.6 Å². The maximum atomic E-state index is 13.0. The molecular formula is C40H75NO13. The van der Waals surface area contributed by atoms with Crippen molar-refractivity contribution in [3.8, 4) is 0 Å². The van der Waals surface area contributed by atoms with Crippen molar-refractivity contribution in [2.45, 2.75) is 216 Å². The molecule has 2 heterocycles. The minimum absolute atomic E-state index is 0.245. The zero-order chi connectivity index (χ0) is 39.7. The first-order valence-electron chi connectivity index (χ1n) is 20.9. The summed E-state index contributed by atoms with van der Waals surface area (Å²) in [5, 5.41) is 86.1. The molecule has 2 aliphatic rings. The van der Waals surface area contributed by atoms with Gasteiger partial charge in [-0.1, -0.05) is 129 Å². The van der Waals surface area contributed by atoms with Gasteiger partial charge >= 0.3 is 0 Å². The molecule has 54 heavy (non-hydrogen) atoms. The molecule has 12 atom stereocenters. The average molecular weight is 778 g/mol. The number of rotatable bonds is 30. The summed E-state index contributed by atoms with van der Waals surface area (Å²) in [6.45, 7) is 2.70. The molecule has 14 heteroatoms. The molecule has 0 aliphatic carbocycles. The van der Waals surface area contributed by atoms with Crippen molar-refractivity contribution < 1.29 is 64.6 Å². The molecule has 0 bridgehead atoms. The van der Waals surface area contributed by atoms with Gasteiger partial charge in [0.1, 0.15) is 48.8 Å². The van der Waals surface area contributed by atoms with Gasteiger partial charge in [0.05, 0.1) is 32.0 Å². The highest BCUT2D eigenvalue weighted by atomic mass is 16.7. The molecule has 0 aromatic heterocycles. The number of amides is 1. The summed E-state index contributed by atoms with van der Waals surface area (Å²) in [6.07, 6.45) is 8.52. The van der Waals surface area contributed by atoms with Gasteiger partial charge in [0, 0.05) is 6.42 Å². The van der Waals surface area contributed by atoms with Crippen LogP contribution in [0.15, 0.2) is 12.2 Å². The van der Waals surface area contributed by atoms with Gasteiger partial charge in [-0.25, -0.2) is 0 Å². The third-order valence-electron chi connectivity index (χ3n) is 10.5. The molecule has 14 nitrogen and oxygen atoms in total. The predicted molar refractivity (Wildman–Crippen MR) is 203 cm³/mol. The van der Waals surface area contributed by atoms with Crippen LogP contribution in [0.5, 0.6) is 0 Å². The smallest absolute Gasteiger partial charge is 0.220 e. The van der Waals surface area contributed by atoms with Crippen molar-refractivity contribution in [3.63, 3.8) is 0 Å². The van der Waals surface area contributed by atoms with Gasteiger partial charge in [-0.05, 0) is 19.3 Å². The quantitative estimate of drug-likeness (QED) is 0.0378. The van der Waals surface area contributed by atoms with Gasteiger partial charge < -0.3 is 65.1 Å². The highest BCUT2D eigenvalue weighted by molar-refractivity contribution is 5.76. The van der Waals surface area contributed by atoms with Gasteiger partial charge in [0.15, 0.2) is 12.6 Å². The highest BCUT2D eigenvalue weighted by Gasteiger charge is 2.50. The second-order valence-electron chi connectivity index (χ2n) is 15.1. The van der Waals surface area contributed by atoms with Crippen LogP contribution in [0.2, 0.25) is 0 Å². The second-order valence-corrected chi connectivity index (χ2v) is 15.1. The maximum absolute atomic E-state index is 13.0. The summed E-state index contributed by atoms with van der Waals surface area (Å²) < 4.78 is 22.5. The number of aliphatic hydroxyl groups excluding tert-OH is 8. The number of hydrogen-bond donors (Lipinski definition) is 9. The lowest BCUT2D eigenvalue weighted by Gasteiger charge is -2.46. The molecule has 2 fully saturated rings. The molecule has 0 spiro atoms. The van der Waals surface area contributed by atoms with Gasteiger partial charge in [0.25, 0.3) is 0 Å². The number of unbranched alkanes of at least 4 members (excludes halogenated alkanes) is 17. The minimum Gasteiger partial charge on any atom is -0.394 e. The number of carbonyl (C=O) groups is 1. The van der Waals surface area contributed by atoms with Crippen molar-refractivity contribution in [1.82, 2.24) is 5.32 Å². The van der Waals surface area contributed by atoms with Crippen LogP contribution in [0.25, 0.3) is 0 Å². The monoisotopic (exact) mass is 778 g/mol. The second kappa shape index (κ2) is 29.0.